The molecule has 4 heterocycles. The zero-order chi connectivity index (χ0) is 29.0. The molecule has 41 heavy (non-hydrogen) atoms. The van der Waals surface area contributed by atoms with Gasteiger partial charge in [0.05, 0.1) is 40.8 Å². The molecule has 0 spiro atoms. The molecule has 2 aliphatic rings. The monoisotopic (exact) mass is 597 g/mol. The van der Waals surface area contributed by atoms with Crippen molar-refractivity contribution in [2.45, 2.75) is 38.0 Å². The summed E-state index contributed by atoms with van der Waals surface area (Å²) in [7, 11) is 0. The number of ether oxygens (including phenoxy) is 1. The average molecular weight is 599 g/mol. The number of para-hydroxylation sites is 1. The second-order valence-electron chi connectivity index (χ2n) is 10.4. The lowest BCUT2D eigenvalue weighted by molar-refractivity contribution is -0.0299. The first-order valence-electron chi connectivity index (χ1n) is 13.7. The molecular weight excluding hydrogens is 565 g/mol. The summed E-state index contributed by atoms with van der Waals surface area (Å²) < 4.78 is 8.35. The van der Waals surface area contributed by atoms with Crippen molar-refractivity contribution in [1.82, 2.24) is 24.3 Å². The normalized spacial score (nSPS) is 18.5. The van der Waals surface area contributed by atoms with Crippen LogP contribution in [0.3, 0.4) is 0 Å². The maximum absolute atomic E-state index is 13.2. The number of piperidine rings is 1. The van der Waals surface area contributed by atoms with Gasteiger partial charge in [-0.25, -0.2) is 4.98 Å². The number of halogens is 2. The van der Waals surface area contributed by atoms with Crippen molar-refractivity contribution in [3.05, 3.63) is 93.1 Å². The van der Waals surface area contributed by atoms with Crippen LogP contribution in [0.1, 0.15) is 30.1 Å². The SMILES string of the molecule is CC1CNCCO1.O=C(c1ccccc1Cl)N1CCC(O)(Cn2cnc3c(cc(Cl)n3-c3ccccc3)c2=O)CC1. The summed E-state index contributed by atoms with van der Waals surface area (Å²) in [5.41, 5.74) is 0.304. The molecule has 4 aromatic rings. The first-order chi connectivity index (χ1) is 19.8. The lowest BCUT2D eigenvalue weighted by atomic mass is 9.91. The van der Waals surface area contributed by atoms with Crippen LogP contribution in [0.2, 0.25) is 10.2 Å². The van der Waals surface area contributed by atoms with Gasteiger partial charge in [0.2, 0.25) is 0 Å². The van der Waals surface area contributed by atoms with E-state index in [1.807, 2.05) is 30.3 Å². The third kappa shape index (κ3) is 6.66. The molecule has 2 saturated heterocycles. The molecule has 0 saturated carbocycles. The molecule has 2 aliphatic heterocycles. The Kier molecular flexibility index (Phi) is 9.11. The number of amides is 1. The molecule has 1 unspecified atom stereocenters. The van der Waals surface area contributed by atoms with E-state index < -0.39 is 5.60 Å². The number of morpholine rings is 1. The molecule has 0 bridgehead atoms. The van der Waals surface area contributed by atoms with Crippen molar-refractivity contribution in [3.63, 3.8) is 0 Å². The Morgan fingerprint density at radius 2 is 1.83 bits per heavy atom. The zero-order valence-electron chi connectivity index (χ0n) is 22.8. The van der Waals surface area contributed by atoms with Gasteiger partial charge in [0.1, 0.15) is 11.5 Å². The third-order valence-corrected chi connectivity index (χ3v) is 8.03. The van der Waals surface area contributed by atoms with Gasteiger partial charge in [-0.3, -0.25) is 18.7 Å². The lowest BCUT2D eigenvalue weighted by Gasteiger charge is -2.38. The second kappa shape index (κ2) is 12.8. The second-order valence-corrected chi connectivity index (χ2v) is 11.2. The van der Waals surface area contributed by atoms with Gasteiger partial charge < -0.3 is 20.1 Å². The molecule has 11 heteroatoms. The molecule has 9 nitrogen and oxygen atoms in total. The number of fused-ring (bicyclic) bond motifs is 1. The van der Waals surface area contributed by atoms with E-state index in [4.69, 9.17) is 27.9 Å². The molecule has 6 rings (SSSR count). The molecule has 216 valence electrons. The fourth-order valence-corrected chi connectivity index (χ4v) is 5.63. The van der Waals surface area contributed by atoms with E-state index in [-0.39, 0.29) is 18.0 Å². The highest BCUT2D eigenvalue weighted by Crippen LogP contribution is 2.28. The molecule has 2 fully saturated rings. The number of aromatic nitrogens is 3. The van der Waals surface area contributed by atoms with Crippen molar-refractivity contribution >= 4 is 40.1 Å². The predicted octanol–water partition coefficient (Wildman–Crippen LogP) is 4.16. The highest BCUT2D eigenvalue weighted by molar-refractivity contribution is 6.33. The van der Waals surface area contributed by atoms with Crippen molar-refractivity contribution in [1.29, 1.82) is 0 Å². The van der Waals surface area contributed by atoms with Gasteiger partial charge in [-0.15, -0.1) is 0 Å². The molecule has 2 N–H and O–H groups in total. The minimum absolute atomic E-state index is 0.0804. The van der Waals surface area contributed by atoms with Crippen LogP contribution < -0.4 is 10.9 Å². The van der Waals surface area contributed by atoms with E-state index in [2.05, 4.69) is 17.2 Å². The Bertz CT molecular complexity index is 1560. The number of hydrogen-bond donors (Lipinski definition) is 2. The van der Waals surface area contributed by atoms with Crippen molar-refractivity contribution in [2.24, 2.45) is 0 Å². The van der Waals surface area contributed by atoms with Crippen LogP contribution in [-0.4, -0.2) is 74.5 Å². The van der Waals surface area contributed by atoms with Crippen LogP contribution in [-0.2, 0) is 11.3 Å². The largest absolute Gasteiger partial charge is 0.388 e. The number of aliphatic hydroxyl groups is 1. The van der Waals surface area contributed by atoms with E-state index in [9.17, 15) is 14.7 Å². The Morgan fingerprint density at radius 3 is 2.46 bits per heavy atom. The average Bonchev–Trinajstić information content (AvgIpc) is 3.32. The maximum Gasteiger partial charge on any atom is 0.262 e. The van der Waals surface area contributed by atoms with Crippen LogP contribution in [0, 0.1) is 0 Å². The lowest BCUT2D eigenvalue weighted by Crippen LogP contribution is -2.49. The number of carbonyl (C=O) groups excluding carboxylic acids is 1. The number of likely N-dealkylation sites (tertiary alicyclic amines) is 1. The van der Waals surface area contributed by atoms with Gasteiger partial charge >= 0.3 is 0 Å². The van der Waals surface area contributed by atoms with Crippen LogP contribution >= 0.6 is 23.2 Å². The van der Waals surface area contributed by atoms with E-state index >= 15 is 0 Å². The van der Waals surface area contributed by atoms with E-state index in [1.165, 1.54) is 10.9 Å². The first-order valence-corrected chi connectivity index (χ1v) is 14.4. The molecule has 2 aromatic carbocycles. The smallest absolute Gasteiger partial charge is 0.262 e. The predicted molar refractivity (Wildman–Crippen MR) is 160 cm³/mol. The molecule has 1 amide bonds. The fourth-order valence-electron chi connectivity index (χ4n) is 5.12. The summed E-state index contributed by atoms with van der Waals surface area (Å²) in [6, 6.07) is 18.0. The quantitative estimate of drug-likeness (QED) is 0.366. The van der Waals surface area contributed by atoms with Crippen LogP contribution in [0.5, 0.6) is 0 Å². The van der Waals surface area contributed by atoms with Gasteiger partial charge in [-0.05, 0) is 50.1 Å². The number of rotatable bonds is 4. The standard InChI is InChI=1S/C25H22Cl2N4O3.C5H11NO/c26-20-9-5-4-8-18(20)23(32)29-12-10-25(34,11-13-29)15-30-16-28-22-19(24(30)33)14-21(27)31(22)17-6-2-1-3-7-17;1-5-4-6-2-3-7-5/h1-9,14,16,34H,10-13,15H2;5-6H,2-4H2,1H3. The number of hydrogen-bond acceptors (Lipinski definition) is 6. The van der Waals surface area contributed by atoms with Crippen LogP contribution in [0.15, 0.2) is 71.8 Å². The maximum atomic E-state index is 13.2. The number of nitrogens with zero attached hydrogens (tertiary/aromatic N) is 4. The van der Waals surface area contributed by atoms with Crippen molar-refractivity contribution < 1.29 is 14.6 Å². The molecule has 1 atom stereocenters. The highest BCUT2D eigenvalue weighted by Gasteiger charge is 2.35. The first kappa shape index (κ1) is 29.3. The van der Waals surface area contributed by atoms with E-state index in [0.29, 0.717) is 58.8 Å². The summed E-state index contributed by atoms with van der Waals surface area (Å²) in [5, 5.41) is 15.6. The summed E-state index contributed by atoms with van der Waals surface area (Å²) in [4.78, 5) is 32.2. The molecular formula is C30H33Cl2N5O4. The van der Waals surface area contributed by atoms with Crippen LogP contribution in [0.25, 0.3) is 16.7 Å². The summed E-state index contributed by atoms with van der Waals surface area (Å²) in [6.07, 6.45) is 2.53. The molecule has 0 radical (unpaired) electrons. The van der Waals surface area contributed by atoms with E-state index in [1.54, 1.807) is 39.8 Å². The van der Waals surface area contributed by atoms with Gasteiger partial charge in [-0.2, -0.15) is 0 Å². The Labute approximate surface area is 248 Å². The minimum Gasteiger partial charge on any atom is -0.388 e. The Balaban J connectivity index is 0.000000423. The van der Waals surface area contributed by atoms with Crippen molar-refractivity contribution in [3.8, 4) is 5.69 Å². The number of nitrogens with one attached hydrogen (secondary N) is 1. The molecule has 2 aromatic heterocycles. The van der Waals surface area contributed by atoms with Crippen LogP contribution in [0.4, 0.5) is 0 Å². The molecule has 0 aliphatic carbocycles. The van der Waals surface area contributed by atoms with Gasteiger partial charge in [0, 0.05) is 31.9 Å². The Hall–Kier alpha value is -3.21. The topological polar surface area (TPSA) is 102 Å². The fraction of sp³-hybridized carbons (Fsp3) is 0.367. The van der Waals surface area contributed by atoms with Gasteiger partial charge in [0.25, 0.3) is 11.5 Å². The van der Waals surface area contributed by atoms with Gasteiger partial charge in [-0.1, -0.05) is 53.5 Å². The number of benzene rings is 2. The third-order valence-electron chi connectivity index (χ3n) is 7.42. The highest BCUT2D eigenvalue weighted by atomic mass is 35.5. The zero-order valence-corrected chi connectivity index (χ0v) is 24.3. The van der Waals surface area contributed by atoms with E-state index in [0.717, 1.165) is 25.4 Å². The minimum atomic E-state index is -1.14. The summed E-state index contributed by atoms with van der Waals surface area (Å²) in [5.74, 6) is -0.162. The van der Waals surface area contributed by atoms with Gasteiger partial charge in [0.15, 0.2) is 5.65 Å². The summed E-state index contributed by atoms with van der Waals surface area (Å²) >= 11 is 12.6. The Morgan fingerprint density at radius 1 is 1.12 bits per heavy atom. The number of carbonyl (C=O) groups is 1. The van der Waals surface area contributed by atoms with Crippen molar-refractivity contribution in [2.75, 3.05) is 32.8 Å². The summed E-state index contributed by atoms with van der Waals surface area (Å²) in [6.45, 7) is 5.79.